The van der Waals surface area contributed by atoms with Gasteiger partial charge in [0.25, 0.3) is 0 Å². The molecule has 1 aromatic carbocycles. The molecule has 1 aromatic rings. The Morgan fingerprint density at radius 3 is 2.18 bits per heavy atom. The van der Waals surface area contributed by atoms with Gasteiger partial charge in [-0.05, 0) is 0 Å². The van der Waals surface area contributed by atoms with Crippen LogP contribution in [0.15, 0.2) is 28.1 Å². The van der Waals surface area contributed by atoms with Crippen molar-refractivity contribution in [2.45, 2.75) is 6.92 Å². The second-order valence-corrected chi connectivity index (χ2v) is 6.49. The SMILES string of the molecule is Cc1ccc([N]=[V]([Cl])[Cl])cc1. The fourth-order valence-electron chi connectivity index (χ4n) is 0.699. The molecule has 4 heteroatoms. The van der Waals surface area contributed by atoms with E-state index in [1.807, 2.05) is 31.2 Å². The first-order chi connectivity index (χ1) is 5.18. The molecule has 11 heavy (non-hydrogen) atoms. The van der Waals surface area contributed by atoms with Crippen molar-refractivity contribution in [2.24, 2.45) is 3.79 Å². The molecule has 59 valence electrons. The van der Waals surface area contributed by atoms with Gasteiger partial charge in [-0.15, -0.1) is 0 Å². The summed E-state index contributed by atoms with van der Waals surface area (Å²) in [5.41, 5.74) is 2.09. The summed E-state index contributed by atoms with van der Waals surface area (Å²) in [4.78, 5) is 0. The van der Waals surface area contributed by atoms with Gasteiger partial charge in [0.15, 0.2) is 0 Å². The fraction of sp³-hybridized carbons (Fsp3) is 0.143. The molecular formula is C7H7Cl2NV. The first-order valence-corrected chi connectivity index (χ1v) is 7.55. The first kappa shape index (κ1) is 9.27. The van der Waals surface area contributed by atoms with Crippen LogP contribution in [0, 0.1) is 6.92 Å². The van der Waals surface area contributed by atoms with Crippen LogP contribution < -0.4 is 0 Å². The van der Waals surface area contributed by atoms with Crippen molar-refractivity contribution in [1.29, 1.82) is 0 Å². The number of rotatable bonds is 1. The average molecular weight is 227 g/mol. The summed E-state index contributed by atoms with van der Waals surface area (Å²) >= 11 is -1.90. The molecule has 0 spiro atoms. The van der Waals surface area contributed by atoms with Gasteiger partial charge in [-0.2, -0.15) is 0 Å². The van der Waals surface area contributed by atoms with E-state index in [4.69, 9.17) is 19.7 Å². The quantitative estimate of drug-likeness (QED) is 0.692. The van der Waals surface area contributed by atoms with Gasteiger partial charge in [0.05, 0.1) is 0 Å². The molecule has 0 saturated carbocycles. The van der Waals surface area contributed by atoms with E-state index < -0.39 is 13.1 Å². The zero-order valence-electron chi connectivity index (χ0n) is 5.96. The standard InChI is InChI=1S/C7H7N.2ClH.V/c1-6-2-4-7(8)5-3-6;;;/h2-5H,1H3;2*1H;/q;;;+2/p-2. The zero-order chi connectivity index (χ0) is 8.27. The maximum atomic E-state index is 5.60. The number of aryl methyl sites for hydroxylation is 1. The van der Waals surface area contributed by atoms with Crippen molar-refractivity contribution in [1.82, 2.24) is 0 Å². The van der Waals surface area contributed by atoms with Gasteiger partial charge in [0, 0.05) is 0 Å². The molecule has 0 N–H and O–H groups in total. The third-order valence-corrected chi connectivity index (χ3v) is 2.45. The van der Waals surface area contributed by atoms with E-state index in [-0.39, 0.29) is 0 Å². The molecule has 0 fully saturated rings. The molecule has 0 radical (unpaired) electrons. The van der Waals surface area contributed by atoms with Gasteiger partial charge < -0.3 is 0 Å². The monoisotopic (exact) mass is 226 g/mol. The molecule has 0 aliphatic heterocycles. The summed E-state index contributed by atoms with van der Waals surface area (Å²) in [6.07, 6.45) is 0. The second kappa shape index (κ2) is 4.27. The molecule has 0 aromatic heterocycles. The predicted octanol–water partition coefficient (Wildman–Crippen LogP) is 3.74. The van der Waals surface area contributed by atoms with Crippen LogP contribution in [0.2, 0.25) is 0 Å². The Hall–Kier alpha value is 0.184. The molecule has 0 amide bonds. The predicted molar refractivity (Wildman–Crippen MR) is 45.0 cm³/mol. The minimum atomic E-state index is -1.90. The van der Waals surface area contributed by atoms with E-state index in [1.165, 1.54) is 5.56 Å². The van der Waals surface area contributed by atoms with Crippen LogP contribution in [-0.2, 0) is 13.1 Å². The normalized spacial score (nSPS) is 9.36. The number of hydrogen-bond donors (Lipinski definition) is 0. The summed E-state index contributed by atoms with van der Waals surface area (Å²) < 4.78 is 4.08. The molecule has 0 bridgehead atoms. The summed E-state index contributed by atoms with van der Waals surface area (Å²) in [6.45, 7) is 2.03. The second-order valence-electron chi connectivity index (χ2n) is 2.15. The summed E-state index contributed by atoms with van der Waals surface area (Å²) in [6, 6.07) is 7.82. The van der Waals surface area contributed by atoms with Gasteiger partial charge in [-0.1, -0.05) is 0 Å². The van der Waals surface area contributed by atoms with Crippen molar-refractivity contribution in [3.05, 3.63) is 29.8 Å². The van der Waals surface area contributed by atoms with Crippen LogP contribution in [-0.4, -0.2) is 0 Å². The molecule has 0 unspecified atom stereocenters. The molecule has 0 atom stereocenters. The molecule has 0 aliphatic carbocycles. The van der Waals surface area contributed by atoms with Crippen molar-refractivity contribution < 1.29 is 13.1 Å². The molecular weight excluding hydrogens is 220 g/mol. The van der Waals surface area contributed by atoms with Crippen LogP contribution in [0.3, 0.4) is 0 Å². The summed E-state index contributed by atoms with van der Waals surface area (Å²) in [7, 11) is 11.2. The van der Waals surface area contributed by atoms with E-state index in [0.717, 1.165) is 5.69 Å². The third-order valence-electron chi connectivity index (χ3n) is 1.23. The van der Waals surface area contributed by atoms with Crippen molar-refractivity contribution in [3.8, 4) is 0 Å². The van der Waals surface area contributed by atoms with Gasteiger partial charge in [-0.25, -0.2) is 0 Å². The van der Waals surface area contributed by atoms with Crippen molar-refractivity contribution in [2.75, 3.05) is 0 Å². The van der Waals surface area contributed by atoms with Crippen LogP contribution >= 0.6 is 19.7 Å². The molecule has 1 rings (SSSR count). The summed E-state index contributed by atoms with van der Waals surface area (Å²) in [5, 5.41) is 0. The number of benzene rings is 1. The minimum absolute atomic E-state index is 0.876. The van der Waals surface area contributed by atoms with Crippen LogP contribution in [0.5, 0.6) is 0 Å². The topological polar surface area (TPSA) is 12.4 Å². The van der Waals surface area contributed by atoms with Crippen molar-refractivity contribution >= 4 is 25.4 Å². The average Bonchev–Trinajstić information content (AvgIpc) is 1.93. The number of hydrogen-bond acceptors (Lipinski definition) is 1. The Balaban J connectivity index is 2.91. The van der Waals surface area contributed by atoms with E-state index in [0.29, 0.717) is 0 Å². The van der Waals surface area contributed by atoms with E-state index in [2.05, 4.69) is 3.79 Å². The zero-order valence-corrected chi connectivity index (χ0v) is 8.87. The fourth-order valence-corrected chi connectivity index (χ4v) is 1.90. The Kier molecular flexibility index (Phi) is 3.60. The van der Waals surface area contributed by atoms with Crippen LogP contribution in [0.1, 0.15) is 5.56 Å². The van der Waals surface area contributed by atoms with Crippen LogP contribution in [0.25, 0.3) is 0 Å². The van der Waals surface area contributed by atoms with Gasteiger partial charge in [-0.3, -0.25) is 0 Å². The van der Waals surface area contributed by atoms with E-state index >= 15 is 0 Å². The molecule has 0 heterocycles. The Labute approximate surface area is 78.9 Å². The van der Waals surface area contributed by atoms with Gasteiger partial charge >= 0.3 is 79.0 Å². The number of nitrogens with zero attached hydrogens (tertiary/aromatic N) is 1. The first-order valence-electron chi connectivity index (χ1n) is 3.08. The van der Waals surface area contributed by atoms with Gasteiger partial charge in [0.1, 0.15) is 0 Å². The van der Waals surface area contributed by atoms with Crippen LogP contribution in [0.4, 0.5) is 5.69 Å². The Bertz CT molecular complexity index is 264. The Morgan fingerprint density at radius 1 is 1.18 bits per heavy atom. The molecule has 1 nitrogen and oxygen atoms in total. The summed E-state index contributed by atoms with van der Waals surface area (Å²) in [5.74, 6) is 0. The number of halogens is 2. The van der Waals surface area contributed by atoms with Gasteiger partial charge in [0.2, 0.25) is 0 Å². The Morgan fingerprint density at radius 2 is 1.73 bits per heavy atom. The third kappa shape index (κ3) is 3.39. The van der Waals surface area contributed by atoms with Crippen molar-refractivity contribution in [3.63, 3.8) is 0 Å². The molecule has 0 aliphatic rings. The van der Waals surface area contributed by atoms with E-state index in [9.17, 15) is 0 Å². The van der Waals surface area contributed by atoms with E-state index in [1.54, 1.807) is 0 Å². The molecule has 0 saturated heterocycles. The maximum absolute atomic E-state index is 5.60.